The highest BCUT2D eigenvalue weighted by Gasteiger charge is 2.37. The van der Waals surface area contributed by atoms with E-state index >= 15 is 0 Å². The van der Waals surface area contributed by atoms with Crippen molar-refractivity contribution in [2.45, 2.75) is 18.4 Å². The van der Waals surface area contributed by atoms with Crippen molar-refractivity contribution in [3.8, 4) is 11.4 Å². The predicted molar refractivity (Wildman–Crippen MR) is 68.7 cm³/mol. The number of rotatable bonds is 2. The number of aromatic nitrogens is 2. The first-order chi connectivity index (χ1) is 9.58. The third kappa shape index (κ3) is 2.42. The van der Waals surface area contributed by atoms with E-state index < -0.39 is 11.4 Å². The average molecular weight is 299 g/mol. The van der Waals surface area contributed by atoms with Gasteiger partial charge in [-0.05, 0) is 18.2 Å². The summed E-state index contributed by atoms with van der Waals surface area (Å²) in [6, 6.07) is 3.91. The first kappa shape index (κ1) is 13.5. The number of halogens is 2. The fourth-order valence-electron chi connectivity index (χ4n) is 2.12. The monoisotopic (exact) mass is 298 g/mol. The molecule has 0 aliphatic carbocycles. The molecule has 0 amide bonds. The van der Waals surface area contributed by atoms with E-state index in [1.54, 1.807) is 0 Å². The Labute approximate surface area is 119 Å². The van der Waals surface area contributed by atoms with Crippen LogP contribution in [0.2, 0.25) is 5.02 Å². The zero-order chi connectivity index (χ0) is 14.2. The van der Waals surface area contributed by atoms with E-state index in [9.17, 15) is 9.50 Å². The lowest BCUT2D eigenvalue weighted by atomic mass is 9.94. The molecule has 1 aromatic heterocycles. The predicted octanol–water partition coefficient (Wildman–Crippen LogP) is 2.53. The summed E-state index contributed by atoms with van der Waals surface area (Å²) in [7, 11) is 0. The van der Waals surface area contributed by atoms with E-state index in [1.165, 1.54) is 18.2 Å². The highest BCUT2D eigenvalue weighted by atomic mass is 35.5. The third-order valence-corrected chi connectivity index (χ3v) is 3.63. The molecule has 3 rings (SSSR count). The molecule has 20 heavy (non-hydrogen) atoms. The molecule has 0 spiro atoms. The molecular formula is C13H12ClFN2O3. The Kier molecular flexibility index (Phi) is 3.45. The van der Waals surface area contributed by atoms with Crippen LogP contribution in [0.15, 0.2) is 22.7 Å². The highest BCUT2D eigenvalue weighted by molar-refractivity contribution is 6.33. The molecule has 1 fully saturated rings. The number of aliphatic hydroxyl groups is 1. The van der Waals surface area contributed by atoms with Crippen LogP contribution in [0.25, 0.3) is 11.4 Å². The summed E-state index contributed by atoms with van der Waals surface area (Å²) in [6.45, 7) is 0.872. The van der Waals surface area contributed by atoms with Gasteiger partial charge in [-0.25, -0.2) is 4.39 Å². The molecule has 1 N–H and O–H groups in total. The van der Waals surface area contributed by atoms with Gasteiger partial charge in [0.2, 0.25) is 5.82 Å². The van der Waals surface area contributed by atoms with Crippen molar-refractivity contribution < 1.29 is 18.8 Å². The van der Waals surface area contributed by atoms with Crippen molar-refractivity contribution in [2.24, 2.45) is 0 Å². The molecule has 5 nitrogen and oxygen atoms in total. The molecule has 0 saturated carbocycles. The molecule has 2 aromatic rings. The lowest BCUT2D eigenvalue weighted by Crippen LogP contribution is -2.33. The normalized spacial score (nSPS) is 18.1. The molecule has 1 aromatic carbocycles. The van der Waals surface area contributed by atoms with Crippen molar-refractivity contribution in [2.75, 3.05) is 13.2 Å². The third-order valence-electron chi connectivity index (χ3n) is 3.32. The van der Waals surface area contributed by atoms with Crippen molar-refractivity contribution in [3.05, 3.63) is 34.9 Å². The van der Waals surface area contributed by atoms with Gasteiger partial charge in [-0.2, -0.15) is 4.98 Å². The first-order valence-corrected chi connectivity index (χ1v) is 6.56. The van der Waals surface area contributed by atoms with Gasteiger partial charge in [0.25, 0.3) is 5.89 Å². The van der Waals surface area contributed by atoms with Gasteiger partial charge < -0.3 is 14.4 Å². The van der Waals surface area contributed by atoms with E-state index in [0.29, 0.717) is 31.6 Å². The number of hydrogen-bond donors (Lipinski definition) is 1. The SMILES string of the molecule is OC1(c2nc(-c3ccc(F)cc3Cl)no2)CCOCC1. The lowest BCUT2D eigenvalue weighted by Gasteiger charge is -2.27. The molecule has 0 bridgehead atoms. The lowest BCUT2D eigenvalue weighted by molar-refractivity contribution is -0.0856. The fourth-order valence-corrected chi connectivity index (χ4v) is 2.37. The molecule has 7 heteroatoms. The van der Waals surface area contributed by atoms with Gasteiger partial charge >= 0.3 is 0 Å². The Morgan fingerprint density at radius 2 is 2.05 bits per heavy atom. The molecule has 106 valence electrons. The van der Waals surface area contributed by atoms with Gasteiger partial charge in [-0.1, -0.05) is 16.8 Å². The Balaban J connectivity index is 1.93. The quantitative estimate of drug-likeness (QED) is 0.922. The maximum absolute atomic E-state index is 13.0. The average Bonchev–Trinajstić information content (AvgIpc) is 2.90. The summed E-state index contributed by atoms with van der Waals surface area (Å²) in [5.41, 5.74) is -0.713. The van der Waals surface area contributed by atoms with Crippen LogP contribution in [-0.4, -0.2) is 28.5 Å². The minimum Gasteiger partial charge on any atom is -0.381 e. The highest BCUT2D eigenvalue weighted by Crippen LogP contribution is 2.33. The van der Waals surface area contributed by atoms with Crippen LogP contribution >= 0.6 is 11.6 Å². The molecule has 0 radical (unpaired) electrons. The van der Waals surface area contributed by atoms with E-state index in [4.69, 9.17) is 20.9 Å². The zero-order valence-electron chi connectivity index (χ0n) is 10.5. The van der Waals surface area contributed by atoms with Gasteiger partial charge in [0.1, 0.15) is 11.4 Å². The fraction of sp³-hybridized carbons (Fsp3) is 0.385. The molecule has 2 heterocycles. The Bertz CT molecular complexity index is 626. The van der Waals surface area contributed by atoms with Gasteiger partial charge in [0.15, 0.2) is 0 Å². The summed E-state index contributed by atoms with van der Waals surface area (Å²) in [5.74, 6) is -0.0772. The molecule has 1 aliphatic rings. The van der Waals surface area contributed by atoms with Crippen molar-refractivity contribution in [3.63, 3.8) is 0 Å². The largest absolute Gasteiger partial charge is 0.381 e. The van der Waals surface area contributed by atoms with Crippen LogP contribution in [0.4, 0.5) is 4.39 Å². The van der Waals surface area contributed by atoms with E-state index in [2.05, 4.69) is 10.1 Å². The standard InChI is InChI=1S/C13H12ClFN2O3/c14-10-7-8(15)1-2-9(10)11-16-12(20-17-11)13(18)3-5-19-6-4-13/h1-2,7,18H,3-6H2. The Morgan fingerprint density at radius 3 is 2.75 bits per heavy atom. The molecular weight excluding hydrogens is 287 g/mol. The first-order valence-electron chi connectivity index (χ1n) is 6.18. The summed E-state index contributed by atoms with van der Waals surface area (Å²) in [4.78, 5) is 4.18. The summed E-state index contributed by atoms with van der Waals surface area (Å²) < 4.78 is 23.3. The van der Waals surface area contributed by atoms with E-state index in [1.807, 2.05) is 0 Å². The van der Waals surface area contributed by atoms with Gasteiger partial charge in [0, 0.05) is 31.6 Å². The minimum atomic E-state index is -1.17. The maximum Gasteiger partial charge on any atom is 0.259 e. The van der Waals surface area contributed by atoms with Crippen molar-refractivity contribution in [1.29, 1.82) is 0 Å². The summed E-state index contributed by atoms with van der Waals surface area (Å²) in [5, 5.41) is 14.4. The molecule has 1 saturated heterocycles. The molecule has 0 atom stereocenters. The van der Waals surface area contributed by atoms with Crippen LogP contribution in [0.1, 0.15) is 18.7 Å². The van der Waals surface area contributed by atoms with Crippen LogP contribution in [0, 0.1) is 5.82 Å². The van der Waals surface area contributed by atoms with Crippen LogP contribution in [0.5, 0.6) is 0 Å². The summed E-state index contributed by atoms with van der Waals surface area (Å²) >= 11 is 5.95. The van der Waals surface area contributed by atoms with Gasteiger partial charge in [0.05, 0.1) is 5.02 Å². The van der Waals surface area contributed by atoms with E-state index in [0.717, 1.165) is 0 Å². The number of benzene rings is 1. The Morgan fingerprint density at radius 1 is 1.30 bits per heavy atom. The molecule has 0 unspecified atom stereocenters. The second kappa shape index (κ2) is 5.12. The second-order valence-electron chi connectivity index (χ2n) is 4.69. The summed E-state index contributed by atoms with van der Waals surface area (Å²) in [6.07, 6.45) is 0.789. The topological polar surface area (TPSA) is 68.4 Å². The number of nitrogens with zero attached hydrogens (tertiary/aromatic N) is 2. The molecule has 1 aliphatic heterocycles. The van der Waals surface area contributed by atoms with Crippen LogP contribution < -0.4 is 0 Å². The van der Waals surface area contributed by atoms with Crippen molar-refractivity contribution in [1.82, 2.24) is 10.1 Å². The van der Waals surface area contributed by atoms with Crippen molar-refractivity contribution >= 4 is 11.6 Å². The number of hydrogen-bond acceptors (Lipinski definition) is 5. The maximum atomic E-state index is 13.0. The number of ether oxygens (including phenoxy) is 1. The smallest absolute Gasteiger partial charge is 0.259 e. The van der Waals surface area contributed by atoms with Gasteiger partial charge in [-0.15, -0.1) is 0 Å². The Hall–Kier alpha value is -1.50. The van der Waals surface area contributed by atoms with E-state index in [-0.39, 0.29) is 16.7 Å². The van der Waals surface area contributed by atoms with Crippen LogP contribution in [0.3, 0.4) is 0 Å². The minimum absolute atomic E-state index is 0.135. The zero-order valence-corrected chi connectivity index (χ0v) is 11.2. The van der Waals surface area contributed by atoms with Crippen LogP contribution in [-0.2, 0) is 10.3 Å². The second-order valence-corrected chi connectivity index (χ2v) is 5.10. The van der Waals surface area contributed by atoms with Gasteiger partial charge in [-0.3, -0.25) is 0 Å².